The molecule has 1 aromatic heterocycles. The molecule has 1 atom stereocenters. The minimum Gasteiger partial charge on any atom is -0.381 e. The van der Waals surface area contributed by atoms with Gasteiger partial charge in [-0.15, -0.1) is 0 Å². The summed E-state index contributed by atoms with van der Waals surface area (Å²) in [7, 11) is 0. The molecule has 5 rings (SSSR count). The Hall–Kier alpha value is -3.58. The number of fused-ring (bicyclic) bond motifs is 1. The number of oxime groups is 1. The molecule has 168 valence electrons. The van der Waals surface area contributed by atoms with Gasteiger partial charge in [-0.05, 0) is 56.8 Å². The summed E-state index contributed by atoms with van der Waals surface area (Å²) in [4.78, 5) is 38.1. The minimum atomic E-state index is -0.964. The molecule has 1 saturated heterocycles. The van der Waals surface area contributed by atoms with E-state index in [9.17, 15) is 9.59 Å². The van der Waals surface area contributed by atoms with Gasteiger partial charge in [0, 0.05) is 29.3 Å². The highest BCUT2D eigenvalue weighted by molar-refractivity contribution is 6.49. The number of benzene rings is 2. The molecule has 7 heteroatoms. The number of hydrogen-bond donors (Lipinski definition) is 1. The minimum absolute atomic E-state index is 0.000725. The number of amides is 1. The van der Waals surface area contributed by atoms with Crippen molar-refractivity contribution >= 4 is 34.0 Å². The standard InChI is InChI=1S/C26H26N4O3/c1-26(2)23(31)22(29-33-26)18-9-11-19(12-10-18)25(32)30(20-7-5-14-27-16-20)24-21-8-4-3-6-17(21)13-15-28-24/h3-4,6,8-13,15,20,27H,5,7,14,16H2,1-2H3/t20-/m1/s1. The molecule has 0 aliphatic carbocycles. The molecule has 33 heavy (non-hydrogen) atoms. The van der Waals surface area contributed by atoms with Crippen LogP contribution in [0.3, 0.4) is 0 Å². The number of ketones is 1. The van der Waals surface area contributed by atoms with Gasteiger partial charge in [0.2, 0.25) is 5.78 Å². The maximum Gasteiger partial charge on any atom is 0.259 e. The summed E-state index contributed by atoms with van der Waals surface area (Å²) in [5.41, 5.74) is 0.485. The molecule has 0 spiro atoms. The van der Waals surface area contributed by atoms with Crippen molar-refractivity contribution in [1.29, 1.82) is 0 Å². The van der Waals surface area contributed by atoms with Gasteiger partial charge in [-0.25, -0.2) is 4.98 Å². The van der Waals surface area contributed by atoms with Gasteiger partial charge < -0.3 is 10.2 Å². The fraction of sp³-hybridized carbons (Fsp3) is 0.308. The third-order valence-corrected chi connectivity index (χ3v) is 6.27. The number of nitrogens with one attached hydrogen (secondary N) is 1. The second-order valence-corrected chi connectivity index (χ2v) is 8.98. The van der Waals surface area contributed by atoms with Crippen LogP contribution in [0.4, 0.5) is 5.82 Å². The molecule has 1 N–H and O–H groups in total. The molecule has 2 aromatic carbocycles. The number of aromatic nitrogens is 1. The lowest BCUT2D eigenvalue weighted by Gasteiger charge is -2.34. The number of piperidine rings is 1. The molecule has 2 aliphatic heterocycles. The zero-order valence-electron chi connectivity index (χ0n) is 18.7. The Morgan fingerprint density at radius 1 is 1.12 bits per heavy atom. The van der Waals surface area contributed by atoms with Crippen molar-refractivity contribution in [2.75, 3.05) is 18.0 Å². The number of hydrogen-bond acceptors (Lipinski definition) is 6. The molecular formula is C26H26N4O3. The average molecular weight is 443 g/mol. The zero-order chi connectivity index (χ0) is 23.0. The number of pyridine rings is 1. The highest BCUT2D eigenvalue weighted by atomic mass is 16.7. The average Bonchev–Trinajstić information content (AvgIpc) is 3.12. The highest BCUT2D eigenvalue weighted by Gasteiger charge is 2.40. The van der Waals surface area contributed by atoms with Crippen LogP contribution in [0, 0.1) is 0 Å². The van der Waals surface area contributed by atoms with Gasteiger partial charge in [0.15, 0.2) is 11.3 Å². The van der Waals surface area contributed by atoms with E-state index in [0.717, 1.165) is 30.2 Å². The first-order chi connectivity index (χ1) is 16.0. The Kier molecular flexibility index (Phi) is 5.42. The van der Waals surface area contributed by atoms with Gasteiger partial charge in [0.1, 0.15) is 5.82 Å². The van der Waals surface area contributed by atoms with Crippen molar-refractivity contribution in [3.05, 3.63) is 71.9 Å². The predicted octanol–water partition coefficient (Wildman–Crippen LogP) is 3.72. The lowest BCUT2D eigenvalue weighted by atomic mass is 9.95. The first-order valence-electron chi connectivity index (χ1n) is 11.3. The summed E-state index contributed by atoms with van der Waals surface area (Å²) in [6.07, 6.45) is 3.65. The fourth-order valence-electron chi connectivity index (χ4n) is 4.41. The molecule has 0 unspecified atom stereocenters. The number of rotatable bonds is 4. The third-order valence-electron chi connectivity index (χ3n) is 6.27. The summed E-state index contributed by atoms with van der Waals surface area (Å²) >= 11 is 0. The third kappa shape index (κ3) is 3.89. The number of nitrogens with zero attached hydrogens (tertiary/aromatic N) is 3. The smallest absolute Gasteiger partial charge is 0.259 e. The van der Waals surface area contributed by atoms with E-state index in [1.807, 2.05) is 35.2 Å². The van der Waals surface area contributed by atoms with Crippen LogP contribution in [-0.4, -0.2) is 47.1 Å². The van der Waals surface area contributed by atoms with Crippen molar-refractivity contribution in [2.45, 2.75) is 38.3 Å². The Morgan fingerprint density at radius 3 is 2.61 bits per heavy atom. The van der Waals surface area contributed by atoms with Crippen LogP contribution in [0.25, 0.3) is 10.8 Å². The second-order valence-electron chi connectivity index (χ2n) is 8.98. The second kappa shape index (κ2) is 8.41. The van der Waals surface area contributed by atoms with E-state index in [1.54, 1.807) is 44.3 Å². The predicted molar refractivity (Wildman–Crippen MR) is 128 cm³/mol. The molecule has 7 nitrogen and oxygen atoms in total. The van der Waals surface area contributed by atoms with Crippen LogP contribution in [-0.2, 0) is 9.63 Å². The van der Waals surface area contributed by atoms with E-state index in [-0.39, 0.29) is 23.4 Å². The maximum atomic E-state index is 13.8. The van der Waals surface area contributed by atoms with Gasteiger partial charge in [-0.1, -0.05) is 41.6 Å². The number of carbonyl (C=O) groups is 2. The topological polar surface area (TPSA) is 83.9 Å². The molecule has 0 bridgehead atoms. The van der Waals surface area contributed by atoms with E-state index in [1.165, 1.54) is 0 Å². The number of anilines is 1. The van der Waals surface area contributed by atoms with Crippen molar-refractivity contribution < 1.29 is 14.4 Å². The molecule has 2 aliphatic rings. The van der Waals surface area contributed by atoms with Crippen molar-refractivity contribution in [3.8, 4) is 0 Å². The lowest BCUT2D eigenvalue weighted by molar-refractivity contribution is -0.128. The first-order valence-corrected chi connectivity index (χ1v) is 11.3. The van der Waals surface area contributed by atoms with Gasteiger partial charge in [0.25, 0.3) is 5.91 Å². The molecule has 3 aromatic rings. The Balaban J connectivity index is 1.51. The molecule has 1 amide bonds. The molecule has 1 fully saturated rings. The zero-order valence-corrected chi connectivity index (χ0v) is 18.7. The lowest BCUT2D eigenvalue weighted by Crippen LogP contribution is -2.49. The Bertz CT molecular complexity index is 1240. The molecule has 3 heterocycles. The van der Waals surface area contributed by atoms with Crippen LogP contribution in [0.1, 0.15) is 42.6 Å². The highest BCUT2D eigenvalue weighted by Crippen LogP contribution is 2.29. The summed E-state index contributed by atoms with van der Waals surface area (Å²) in [6.45, 7) is 5.05. The maximum absolute atomic E-state index is 13.8. The van der Waals surface area contributed by atoms with Crippen LogP contribution < -0.4 is 10.2 Å². The quantitative estimate of drug-likeness (QED) is 0.666. The largest absolute Gasteiger partial charge is 0.381 e. The summed E-state index contributed by atoms with van der Waals surface area (Å²) in [6, 6.07) is 16.9. The van der Waals surface area contributed by atoms with Crippen LogP contribution in [0.15, 0.2) is 65.9 Å². The summed E-state index contributed by atoms with van der Waals surface area (Å²) in [5, 5.41) is 9.35. The Morgan fingerprint density at radius 2 is 1.91 bits per heavy atom. The van der Waals surface area contributed by atoms with E-state index in [0.29, 0.717) is 23.5 Å². The van der Waals surface area contributed by atoms with Gasteiger partial charge in [0.05, 0.1) is 6.04 Å². The van der Waals surface area contributed by atoms with Gasteiger partial charge in [-0.2, -0.15) is 0 Å². The van der Waals surface area contributed by atoms with Crippen LogP contribution >= 0.6 is 0 Å². The Labute approximate surface area is 192 Å². The SMILES string of the molecule is CC1(C)ON=C(c2ccc(C(=O)N(c3nccc4ccccc34)[C@@H]3CCCNC3)cc2)C1=O. The first kappa shape index (κ1) is 21.3. The van der Waals surface area contributed by atoms with E-state index in [4.69, 9.17) is 4.84 Å². The number of Topliss-reactive ketones (excluding diaryl/α,β-unsaturated/α-hetero) is 1. The van der Waals surface area contributed by atoms with E-state index in [2.05, 4.69) is 15.5 Å². The summed E-state index contributed by atoms with van der Waals surface area (Å²) < 4.78 is 0. The molecule has 0 saturated carbocycles. The van der Waals surface area contributed by atoms with Crippen LogP contribution in [0.5, 0.6) is 0 Å². The summed E-state index contributed by atoms with van der Waals surface area (Å²) in [5.74, 6) is 0.383. The number of carbonyl (C=O) groups excluding carboxylic acids is 2. The van der Waals surface area contributed by atoms with Crippen molar-refractivity contribution in [3.63, 3.8) is 0 Å². The van der Waals surface area contributed by atoms with Crippen LogP contribution in [0.2, 0.25) is 0 Å². The molecular weight excluding hydrogens is 416 g/mol. The van der Waals surface area contributed by atoms with Crippen molar-refractivity contribution in [2.24, 2.45) is 5.16 Å². The van der Waals surface area contributed by atoms with Crippen molar-refractivity contribution in [1.82, 2.24) is 10.3 Å². The monoisotopic (exact) mass is 442 g/mol. The van der Waals surface area contributed by atoms with E-state index >= 15 is 0 Å². The fourth-order valence-corrected chi connectivity index (χ4v) is 4.41. The molecule has 0 radical (unpaired) electrons. The van der Waals surface area contributed by atoms with E-state index < -0.39 is 5.60 Å². The normalized spacial score (nSPS) is 19.8. The van der Waals surface area contributed by atoms with Gasteiger partial charge in [-0.3, -0.25) is 14.5 Å². The van der Waals surface area contributed by atoms with Gasteiger partial charge >= 0.3 is 0 Å².